The molecule has 0 bridgehead atoms. The number of hydrogen-bond donors (Lipinski definition) is 0. The molecule has 0 radical (unpaired) electrons. The van der Waals surface area contributed by atoms with Crippen LogP contribution in [0.4, 0.5) is 8.78 Å². The summed E-state index contributed by atoms with van der Waals surface area (Å²) in [5, 5.41) is 0. The molecule has 0 N–H and O–H groups in total. The van der Waals surface area contributed by atoms with Crippen LogP contribution in [-0.2, 0) is 11.2 Å². The Bertz CT molecular complexity index is 703. The van der Waals surface area contributed by atoms with Gasteiger partial charge < -0.3 is 33.2 Å². The molecule has 0 saturated carbocycles. The number of likely N-dealkylation sites (N-methyl/N-ethyl adjacent to an activating group) is 1. The highest BCUT2D eigenvalue weighted by molar-refractivity contribution is 5.35. The van der Waals surface area contributed by atoms with Gasteiger partial charge in [0.1, 0.15) is 24.3 Å². The maximum Gasteiger partial charge on any atom is 0.132 e. The molecule has 1 atom stereocenters. The van der Waals surface area contributed by atoms with Gasteiger partial charge in [0, 0.05) is 12.2 Å². The first-order valence-electron chi connectivity index (χ1n) is 9.10. The van der Waals surface area contributed by atoms with Crippen molar-refractivity contribution < 1.29 is 42.0 Å². The van der Waals surface area contributed by atoms with Gasteiger partial charge in [-0.2, -0.15) is 0 Å². The van der Waals surface area contributed by atoms with Crippen LogP contribution in [0.5, 0.6) is 0 Å². The van der Waals surface area contributed by atoms with Crippen molar-refractivity contribution in [3.63, 3.8) is 0 Å². The molecule has 2 rings (SSSR count). The molecular formula is C22H30F2INO. The molecule has 0 aromatic heterocycles. The number of halogens is 3. The van der Waals surface area contributed by atoms with Crippen molar-refractivity contribution in [1.29, 1.82) is 0 Å². The van der Waals surface area contributed by atoms with E-state index in [1.54, 1.807) is 0 Å². The zero-order chi connectivity index (χ0) is 19.3. The number of ether oxygens (including phenoxy) is 1. The first kappa shape index (κ1) is 24.0. The number of aryl methyl sites for hydroxylation is 2. The molecule has 0 aliphatic heterocycles. The van der Waals surface area contributed by atoms with Crippen LogP contribution in [0.3, 0.4) is 0 Å². The van der Waals surface area contributed by atoms with Gasteiger partial charge in [0.25, 0.3) is 0 Å². The summed E-state index contributed by atoms with van der Waals surface area (Å²) < 4.78 is 34.5. The van der Waals surface area contributed by atoms with Crippen LogP contribution in [0.25, 0.3) is 0 Å². The first-order valence-corrected chi connectivity index (χ1v) is 9.10. The number of quaternary nitrogens is 1. The number of benzene rings is 2. The standard InChI is InChI=1S/C22H30F2NO.HI/c1-16-9-6-10-17(2)22(16)21(15-25(3,4)5)26-14-8-11-18-19(23)12-7-13-20(18)24;/h6-7,9-10,12-13,21H,8,11,14-15H2,1-5H3;1H/q+1;/p-1. The van der Waals surface area contributed by atoms with E-state index in [0.717, 1.165) is 11.0 Å². The summed E-state index contributed by atoms with van der Waals surface area (Å²) in [6.07, 6.45) is 0.875. The molecule has 0 saturated heterocycles. The lowest BCUT2D eigenvalue weighted by Gasteiger charge is -2.31. The van der Waals surface area contributed by atoms with Crippen LogP contribution in [0, 0.1) is 25.5 Å². The van der Waals surface area contributed by atoms with Gasteiger partial charge in [0.15, 0.2) is 0 Å². The third-order valence-electron chi connectivity index (χ3n) is 4.53. The van der Waals surface area contributed by atoms with E-state index in [0.29, 0.717) is 19.4 Å². The van der Waals surface area contributed by atoms with Gasteiger partial charge >= 0.3 is 0 Å². The Morgan fingerprint density at radius 2 is 1.44 bits per heavy atom. The van der Waals surface area contributed by atoms with E-state index in [1.165, 1.54) is 34.9 Å². The molecule has 150 valence electrons. The maximum atomic E-state index is 13.7. The Hall–Kier alpha value is -1.05. The lowest BCUT2D eigenvalue weighted by Crippen LogP contribution is -3.00. The average Bonchev–Trinajstić information content (AvgIpc) is 2.51. The lowest BCUT2D eigenvalue weighted by molar-refractivity contribution is -0.874. The van der Waals surface area contributed by atoms with Crippen LogP contribution < -0.4 is 24.0 Å². The van der Waals surface area contributed by atoms with Gasteiger partial charge in [0.2, 0.25) is 0 Å². The Morgan fingerprint density at radius 1 is 0.926 bits per heavy atom. The van der Waals surface area contributed by atoms with E-state index in [1.807, 2.05) is 0 Å². The van der Waals surface area contributed by atoms with Gasteiger partial charge in [0.05, 0.1) is 21.1 Å². The molecule has 5 heteroatoms. The predicted octanol–water partition coefficient (Wildman–Crippen LogP) is 1.98. The van der Waals surface area contributed by atoms with E-state index in [4.69, 9.17) is 4.74 Å². The van der Waals surface area contributed by atoms with Crippen LogP contribution in [-0.4, -0.2) is 38.8 Å². The first-order chi connectivity index (χ1) is 12.2. The van der Waals surface area contributed by atoms with Gasteiger partial charge in [-0.3, -0.25) is 0 Å². The summed E-state index contributed by atoms with van der Waals surface area (Å²) in [5.74, 6) is -0.967. The second-order valence-electron chi connectivity index (χ2n) is 7.94. The summed E-state index contributed by atoms with van der Waals surface area (Å²) in [6.45, 7) is 5.50. The van der Waals surface area contributed by atoms with Gasteiger partial charge in [-0.1, -0.05) is 24.3 Å². The fraction of sp³-hybridized carbons (Fsp3) is 0.455. The Balaban J connectivity index is 0.00000364. The predicted molar refractivity (Wildman–Crippen MR) is 102 cm³/mol. The summed E-state index contributed by atoms with van der Waals surface area (Å²) in [7, 11) is 6.41. The van der Waals surface area contributed by atoms with Gasteiger partial charge in [-0.25, -0.2) is 8.78 Å². The molecular weight excluding hydrogens is 459 g/mol. The Kier molecular flexibility index (Phi) is 9.31. The summed E-state index contributed by atoms with van der Waals surface area (Å²) >= 11 is 0. The summed E-state index contributed by atoms with van der Waals surface area (Å²) in [6, 6.07) is 10.2. The van der Waals surface area contributed by atoms with Crippen LogP contribution in [0.15, 0.2) is 36.4 Å². The second-order valence-corrected chi connectivity index (χ2v) is 7.94. The highest BCUT2D eigenvalue weighted by Crippen LogP contribution is 2.27. The smallest absolute Gasteiger partial charge is 0.132 e. The van der Waals surface area contributed by atoms with Gasteiger partial charge in [-0.05, 0) is 55.5 Å². The van der Waals surface area contributed by atoms with Crippen molar-refractivity contribution in [1.82, 2.24) is 0 Å². The zero-order valence-electron chi connectivity index (χ0n) is 16.9. The van der Waals surface area contributed by atoms with Crippen molar-refractivity contribution in [2.45, 2.75) is 32.8 Å². The van der Waals surface area contributed by atoms with Crippen LogP contribution in [0.1, 0.15) is 34.8 Å². The SMILES string of the molecule is Cc1cccc(C)c1C(C[N+](C)(C)C)OCCCc1c(F)cccc1F.[I-]. The van der Waals surface area contributed by atoms with Crippen LogP contribution >= 0.6 is 0 Å². The maximum absolute atomic E-state index is 13.7. The van der Waals surface area contributed by atoms with E-state index >= 15 is 0 Å². The monoisotopic (exact) mass is 489 g/mol. The molecule has 27 heavy (non-hydrogen) atoms. The van der Waals surface area contributed by atoms with Crippen molar-refractivity contribution >= 4 is 0 Å². The normalized spacial score (nSPS) is 12.6. The quantitative estimate of drug-likeness (QED) is 0.313. The minimum atomic E-state index is -0.484. The van der Waals surface area contributed by atoms with E-state index in [2.05, 4.69) is 53.2 Å². The average molecular weight is 489 g/mol. The molecule has 2 nitrogen and oxygen atoms in total. The summed E-state index contributed by atoms with van der Waals surface area (Å²) in [4.78, 5) is 0. The molecule has 2 aromatic rings. The highest BCUT2D eigenvalue weighted by atomic mass is 127. The molecule has 0 heterocycles. The fourth-order valence-corrected chi connectivity index (χ4v) is 3.31. The minimum absolute atomic E-state index is 0. The van der Waals surface area contributed by atoms with Crippen molar-refractivity contribution in [3.05, 3.63) is 70.3 Å². The third-order valence-corrected chi connectivity index (χ3v) is 4.53. The van der Waals surface area contributed by atoms with E-state index in [-0.39, 0.29) is 35.6 Å². The molecule has 0 aliphatic carbocycles. The van der Waals surface area contributed by atoms with Crippen molar-refractivity contribution in [2.24, 2.45) is 0 Å². The second kappa shape index (κ2) is 10.5. The number of rotatable bonds is 8. The molecule has 0 aliphatic rings. The van der Waals surface area contributed by atoms with Gasteiger partial charge in [-0.15, -0.1) is 0 Å². The van der Waals surface area contributed by atoms with Crippen LogP contribution in [0.2, 0.25) is 0 Å². The Morgan fingerprint density at radius 3 is 1.96 bits per heavy atom. The van der Waals surface area contributed by atoms with E-state index in [9.17, 15) is 8.78 Å². The third kappa shape index (κ3) is 7.12. The van der Waals surface area contributed by atoms with E-state index < -0.39 is 11.6 Å². The topological polar surface area (TPSA) is 9.23 Å². The summed E-state index contributed by atoms with van der Waals surface area (Å²) in [5.41, 5.74) is 3.79. The highest BCUT2D eigenvalue weighted by Gasteiger charge is 2.23. The molecule has 1 unspecified atom stereocenters. The molecule has 0 amide bonds. The van der Waals surface area contributed by atoms with Crippen molar-refractivity contribution in [2.75, 3.05) is 34.3 Å². The lowest BCUT2D eigenvalue weighted by atomic mass is 9.97. The van der Waals surface area contributed by atoms with Crippen molar-refractivity contribution in [3.8, 4) is 0 Å². The largest absolute Gasteiger partial charge is 1.00 e. The molecule has 0 spiro atoms. The molecule has 0 fully saturated rings. The minimum Gasteiger partial charge on any atom is -1.00 e. The fourth-order valence-electron chi connectivity index (χ4n) is 3.31. The number of hydrogen-bond acceptors (Lipinski definition) is 1. The zero-order valence-corrected chi connectivity index (χ0v) is 19.0. The number of nitrogens with zero attached hydrogens (tertiary/aromatic N) is 1. The molecule has 2 aromatic carbocycles. The Labute approximate surface area is 179 Å².